The van der Waals surface area contributed by atoms with Gasteiger partial charge in [-0.2, -0.15) is 5.10 Å². The summed E-state index contributed by atoms with van der Waals surface area (Å²) in [5.41, 5.74) is 2.79. The van der Waals surface area contributed by atoms with Crippen molar-refractivity contribution in [1.29, 1.82) is 0 Å². The molecule has 1 amide bonds. The first kappa shape index (κ1) is 20.2. The number of halogens is 1. The van der Waals surface area contributed by atoms with E-state index in [1.807, 2.05) is 55.5 Å². The SMILES string of the molecule is Cc1cc(NC(=O)CSc2nc(NCc3ccc(Cl)cc3)c3ccccc3n2)n[nH]1. The number of fused-ring (bicyclic) bond motifs is 1. The molecule has 0 atom stereocenters. The summed E-state index contributed by atoms with van der Waals surface area (Å²) in [5, 5.41) is 15.1. The fourth-order valence-corrected chi connectivity index (χ4v) is 3.61. The number of aromatic nitrogens is 4. The van der Waals surface area contributed by atoms with Gasteiger partial charge in [-0.15, -0.1) is 0 Å². The van der Waals surface area contributed by atoms with Crippen LogP contribution in [-0.4, -0.2) is 31.8 Å². The molecule has 2 aromatic carbocycles. The molecule has 2 aromatic heterocycles. The summed E-state index contributed by atoms with van der Waals surface area (Å²) in [6, 6.07) is 17.2. The number of carbonyl (C=O) groups is 1. The first-order valence-corrected chi connectivity index (χ1v) is 10.6. The molecule has 0 aliphatic heterocycles. The Morgan fingerprint density at radius 2 is 1.93 bits per heavy atom. The topological polar surface area (TPSA) is 95.6 Å². The highest BCUT2D eigenvalue weighted by Crippen LogP contribution is 2.25. The molecule has 9 heteroatoms. The first-order valence-electron chi connectivity index (χ1n) is 9.26. The Bertz CT molecular complexity index is 1180. The van der Waals surface area contributed by atoms with Gasteiger partial charge in [0.15, 0.2) is 11.0 Å². The molecule has 0 aliphatic rings. The van der Waals surface area contributed by atoms with Crippen molar-refractivity contribution in [2.75, 3.05) is 16.4 Å². The number of hydrogen-bond donors (Lipinski definition) is 3. The van der Waals surface area contributed by atoms with E-state index in [4.69, 9.17) is 11.6 Å². The van der Waals surface area contributed by atoms with Gasteiger partial charge in [-0.25, -0.2) is 9.97 Å². The summed E-state index contributed by atoms with van der Waals surface area (Å²) in [6.07, 6.45) is 0. The maximum Gasteiger partial charge on any atom is 0.236 e. The van der Waals surface area contributed by atoms with E-state index in [9.17, 15) is 4.79 Å². The quantitative estimate of drug-likeness (QED) is 0.287. The third kappa shape index (κ3) is 5.08. The number of amides is 1. The van der Waals surface area contributed by atoms with Crippen molar-refractivity contribution in [1.82, 2.24) is 20.2 Å². The molecule has 4 rings (SSSR count). The van der Waals surface area contributed by atoms with Crippen LogP contribution < -0.4 is 10.6 Å². The molecule has 0 saturated carbocycles. The molecule has 0 radical (unpaired) electrons. The van der Waals surface area contributed by atoms with Crippen LogP contribution in [-0.2, 0) is 11.3 Å². The van der Waals surface area contributed by atoms with E-state index in [2.05, 4.69) is 30.8 Å². The van der Waals surface area contributed by atoms with Crippen molar-refractivity contribution in [3.05, 3.63) is 70.9 Å². The second kappa shape index (κ2) is 9.15. The number of nitrogens with zero attached hydrogens (tertiary/aromatic N) is 3. The Balaban J connectivity index is 1.47. The van der Waals surface area contributed by atoms with Gasteiger partial charge < -0.3 is 10.6 Å². The van der Waals surface area contributed by atoms with Crippen molar-refractivity contribution in [2.24, 2.45) is 0 Å². The number of anilines is 2. The summed E-state index contributed by atoms with van der Waals surface area (Å²) in [5.74, 6) is 1.24. The van der Waals surface area contributed by atoms with Gasteiger partial charge in [-0.1, -0.05) is 47.6 Å². The van der Waals surface area contributed by atoms with Gasteiger partial charge in [-0.05, 0) is 36.8 Å². The van der Waals surface area contributed by atoms with E-state index in [0.29, 0.717) is 22.5 Å². The molecular formula is C21H19ClN6OS. The standard InChI is InChI=1S/C21H19ClN6OS/c1-13-10-18(28-27-13)25-19(29)12-30-21-24-17-5-3-2-4-16(17)20(26-21)23-11-14-6-8-15(22)9-7-14/h2-10H,11-12H2,1H3,(H,23,24,26)(H2,25,27,28,29). The number of aromatic amines is 1. The molecule has 0 spiro atoms. The van der Waals surface area contributed by atoms with Crippen molar-refractivity contribution >= 4 is 51.8 Å². The number of benzene rings is 2. The molecule has 0 fully saturated rings. The Hall–Kier alpha value is -3.10. The first-order chi connectivity index (χ1) is 14.6. The lowest BCUT2D eigenvalue weighted by Gasteiger charge is -2.11. The van der Waals surface area contributed by atoms with Crippen LogP contribution in [0.4, 0.5) is 11.6 Å². The van der Waals surface area contributed by atoms with Crippen molar-refractivity contribution < 1.29 is 4.79 Å². The number of H-pyrrole nitrogens is 1. The minimum Gasteiger partial charge on any atom is -0.365 e. The number of thioether (sulfide) groups is 1. The summed E-state index contributed by atoms with van der Waals surface area (Å²) >= 11 is 7.24. The number of carbonyl (C=O) groups excluding carboxylic acids is 1. The minimum absolute atomic E-state index is 0.168. The zero-order chi connectivity index (χ0) is 20.9. The summed E-state index contributed by atoms with van der Waals surface area (Å²) in [4.78, 5) is 21.4. The number of para-hydroxylation sites is 1. The number of nitrogens with one attached hydrogen (secondary N) is 3. The van der Waals surface area contributed by atoms with Crippen molar-refractivity contribution in [3.63, 3.8) is 0 Å². The van der Waals surface area contributed by atoms with Crippen LogP contribution in [0.2, 0.25) is 5.02 Å². The van der Waals surface area contributed by atoms with Gasteiger partial charge in [0.25, 0.3) is 0 Å². The normalized spacial score (nSPS) is 10.9. The van der Waals surface area contributed by atoms with E-state index in [1.54, 1.807) is 6.07 Å². The molecule has 152 valence electrons. The maximum absolute atomic E-state index is 12.2. The van der Waals surface area contributed by atoms with Gasteiger partial charge >= 0.3 is 0 Å². The third-order valence-electron chi connectivity index (χ3n) is 4.26. The fourth-order valence-electron chi connectivity index (χ4n) is 2.83. The van der Waals surface area contributed by atoms with Crippen molar-refractivity contribution in [3.8, 4) is 0 Å². The number of rotatable bonds is 7. The lowest BCUT2D eigenvalue weighted by atomic mass is 10.2. The molecule has 0 aliphatic carbocycles. The second-order valence-corrected chi connectivity index (χ2v) is 8.00. The Morgan fingerprint density at radius 3 is 2.70 bits per heavy atom. The van der Waals surface area contributed by atoms with Gasteiger partial charge in [0.2, 0.25) is 5.91 Å². The van der Waals surface area contributed by atoms with Gasteiger partial charge in [0, 0.05) is 28.7 Å². The lowest BCUT2D eigenvalue weighted by molar-refractivity contribution is -0.113. The van der Waals surface area contributed by atoms with Crippen LogP contribution in [0.5, 0.6) is 0 Å². The van der Waals surface area contributed by atoms with E-state index >= 15 is 0 Å². The van der Waals surface area contributed by atoms with Crippen molar-refractivity contribution in [2.45, 2.75) is 18.6 Å². The Labute approximate surface area is 182 Å². The van der Waals surface area contributed by atoms with Gasteiger partial charge in [-0.3, -0.25) is 9.89 Å². The molecule has 0 unspecified atom stereocenters. The van der Waals surface area contributed by atoms with Crippen LogP contribution in [0.15, 0.2) is 59.8 Å². The van der Waals surface area contributed by atoms with E-state index < -0.39 is 0 Å². The van der Waals surface area contributed by atoms with Crippen LogP contribution in [0.1, 0.15) is 11.3 Å². The predicted octanol–water partition coefficient (Wildman–Crippen LogP) is 4.66. The van der Waals surface area contributed by atoms with E-state index in [1.165, 1.54) is 11.8 Å². The fraction of sp³-hybridized carbons (Fsp3) is 0.143. The summed E-state index contributed by atoms with van der Waals surface area (Å²) in [6.45, 7) is 2.47. The average molecular weight is 439 g/mol. The zero-order valence-electron chi connectivity index (χ0n) is 16.1. The summed E-state index contributed by atoms with van der Waals surface area (Å²) < 4.78 is 0. The molecule has 3 N–H and O–H groups in total. The zero-order valence-corrected chi connectivity index (χ0v) is 17.7. The third-order valence-corrected chi connectivity index (χ3v) is 5.36. The highest BCUT2D eigenvalue weighted by Gasteiger charge is 2.11. The predicted molar refractivity (Wildman–Crippen MR) is 121 cm³/mol. The minimum atomic E-state index is -0.168. The van der Waals surface area contributed by atoms with E-state index in [0.717, 1.165) is 28.0 Å². The largest absolute Gasteiger partial charge is 0.365 e. The van der Waals surface area contributed by atoms with E-state index in [-0.39, 0.29) is 11.7 Å². The number of aryl methyl sites for hydroxylation is 1. The molecule has 0 saturated heterocycles. The summed E-state index contributed by atoms with van der Waals surface area (Å²) in [7, 11) is 0. The molecule has 2 heterocycles. The average Bonchev–Trinajstić information content (AvgIpc) is 3.16. The van der Waals surface area contributed by atoms with Crippen LogP contribution in [0.3, 0.4) is 0 Å². The van der Waals surface area contributed by atoms with Crippen LogP contribution in [0.25, 0.3) is 10.9 Å². The highest BCUT2D eigenvalue weighted by atomic mass is 35.5. The number of hydrogen-bond acceptors (Lipinski definition) is 6. The molecule has 7 nitrogen and oxygen atoms in total. The van der Waals surface area contributed by atoms with Crippen LogP contribution >= 0.6 is 23.4 Å². The van der Waals surface area contributed by atoms with Crippen LogP contribution in [0, 0.1) is 6.92 Å². The smallest absolute Gasteiger partial charge is 0.236 e. The lowest BCUT2D eigenvalue weighted by Crippen LogP contribution is -2.14. The van der Waals surface area contributed by atoms with Gasteiger partial charge in [0.1, 0.15) is 5.82 Å². The maximum atomic E-state index is 12.2. The highest BCUT2D eigenvalue weighted by molar-refractivity contribution is 7.99. The molecule has 4 aromatic rings. The Morgan fingerprint density at radius 1 is 1.13 bits per heavy atom. The molecular weight excluding hydrogens is 420 g/mol. The second-order valence-electron chi connectivity index (χ2n) is 6.63. The molecule has 0 bridgehead atoms. The van der Waals surface area contributed by atoms with Gasteiger partial charge in [0.05, 0.1) is 11.3 Å². The Kier molecular flexibility index (Phi) is 6.15. The monoisotopic (exact) mass is 438 g/mol. The molecule has 30 heavy (non-hydrogen) atoms.